The van der Waals surface area contributed by atoms with Crippen LogP contribution in [0.2, 0.25) is 0 Å². The summed E-state index contributed by atoms with van der Waals surface area (Å²) >= 11 is 0. The summed E-state index contributed by atoms with van der Waals surface area (Å²) in [5, 5.41) is 0. The van der Waals surface area contributed by atoms with E-state index in [1.807, 2.05) is 13.8 Å². The average molecular weight is 643 g/mol. The van der Waals surface area contributed by atoms with Gasteiger partial charge in [-0.25, -0.2) is 18.4 Å². The summed E-state index contributed by atoms with van der Waals surface area (Å²) in [7, 11) is 0. The molecule has 0 radical (unpaired) electrons. The summed E-state index contributed by atoms with van der Waals surface area (Å²) in [6, 6.07) is 11.8. The highest BCUT2D eigenvalue weighted by atomic mass is 19.2. The van der Waals surface area contributed by atoms with Gasteiger partial charge in [-0.3, -0.25) is 0 Å². The van der Waals surface area contributed by atoms with E-state index >= 15 is 0 Å². The van der Waals surface area contributed by atoms with Crippen LogP contribution in [0.3, 0.4) is 0 Å². The van der Waals surface area contributed by atoms with E-state index in [-0.39, 0.29) is 47.0 Å². The monoisotopic (exact) mass is 642 g/mol. The Bertz CT molecular complexity index is 1410. The second-order valence-electron chi connectivity index (χ2n) is 11.3. The van der Waals surface area contributed by atoms with Crippen LogP contribution in [-0.4, -0.2) is 37.4 Å². The Labute approximate surface area is 270 Å². The smallest absolute Gasteiger partial charge is 0.343 e. The van der Waals surface area contributed by atoms with Crippen molar-refractivity contribution in [2.75, 3.05) is 13.2 Å². The summed E-state index contributed by atoms with van der Waals surface area (Å²) in [6.45, 7) is 8.44. The molecule has 0 amide bonds. The quantitative estimate of drug-likeness (QED) is 0.0737. The molecule has 0 heterocycles. The minimum atomic E-state index is -1.07. The van der Waals surface area contributed by atoms with Crippen molar-refractivity contribution in [3.05, 3.63) is 83.2 Å². The van der Waals surface area contributed by atoms with E-state index in [2.05, 4.69) is 13.8 Å². The maximum atomic E-state index is 14.9. The minimum absolute atomic E-state index is 0.00476. The van der Waals surface area contributed by atoms with Gasteiger partial charge < -0.3 is 18.9 Å². The zero-order valence-corrected chi connectivity index (χ0v) is 27.2. The first-order valence-corrected chi connectivity index (χ1v) is 16.2. The number of carbonyl (C=O) groups is 2. The van der Waals surface area contributed by atoms with Crippen molar-refractivity contribution in [1.29, 1.82) is 0 Å². The summed E-state index contributed by atoms with van der Waals surface area (Å²) in [5.74, 6) is -5.16. The molecule has 0 bridgehead atoms. The van der Waals surface area contributed by atoms with Gasteiger partial charge in [-0.05, 0) is 74.2 Å². The van der Waals surface area contributed by atoms with Crippen molar-refractivity contribution in [3.63, 3.8) is 0 Å². The number of hydrogen-bond acceptors (Lipinski definition) is 6. The Morgan fingerprint density at radius 3 is 2.09 bits per heavy atom. The molecule has 9 heteroatoms. The van der Waals surface area contributed by atoms with E-state index in [4.69, 9.17) is 18.9 Å². The molecule has 0 saturated heterocycles. The number of esters is 2. The van der Waals surface area contributed by atoms with Crippen LogP contribution in [0.1, 0.15) is 106 Å². The highest BCUT2D eigenvalue weighted by Gasteiger charge is 2.20. The Balaban J connectivity index is 1.56. The SMILES string of the molecule is CCCCCCCCOc1ccc(-c2ccc(C(=O)Oc3ccc(C(=O)OC[C@H](CC)OC(C)CCC)cc3F)cc2)c(F)c1F. The molecule has 0 spiro atoms. The average Bonchev–Trinajstić information content (AvgIpc) is 3.05. The lowest BCUT2D eigenvalue weighted by Gasteiger charge is -2.21. The molecule has 3 aromatic rings. The van der Waals surface area contributed by atoms with Gasteiger partial charge in [-0.2, -0.15) is 4.39 Å². The van der Waals surface area contributed by atoms with Crippen LogP contribution < -0.4 is 9.47 Å². The molecule has 3 aromatic carbocycles. The first-order chi connectivity index (χ1) is 22.2. The van der Waals surface area contributed by atoms with Gasteiger partial charge in [0.25, 0.3) is 0 Å². The van der Waals surface area contributed by atoms with E-state index in [1.165, 1.54) is 55.0 Å². The van der Waals surface area contributed by atoms with Gasteiger partial charge in [0.05, 0.1) is 29.9 Å². The van der Waals surface area contributed by atoms with E-state index in [0.717, 1.165) is 51.0 Å². The van der Waals surface area contributed by atoms with Gasteiger partial charge in [-0.15, -0.1) is 0 Å². The summed E-state index contributed by atoms with van der Waals surface area (Å²) in [4.78, 5) is 25.2. The molecule has 1 unspecified atom stereocenters. The number of rotatable bonds is 19. The number of benzene rings is 3. The van der Waals surface area contributed by atoms with Crippen LogP contribution in [0.25, 0.3) is 11.1 Å². The van der Waals surface area contributed by atoms with Crippen molar-refractivity contribution in [2.24, 2.45) is 0 Å². The first-order valence-electron chi connectivity index (χ1n) is 16.2. The van der Waals surface area contributed by atoms with Crippen molar-refractivity contribution >= 4 is 11.9 Å². The maximum absolute atomic E-state index is 14.9. The molecular weight excluding hydrogens is 597 g/mol. The standard InChI is InChI=1S/C37H45F3O6/c1-5-8-9-10-11-12-22-43-33-21-19-30(34(39)35(33)40)26-14-16-27(17-15-26)37(42)46-32-20-18-28(23-31(32)38)36(41)44-24-29(7-3)45-25(4)13-6-2/h14-21,23,25,29H,5-13,22,24H2,1-4H3/t25?,29-/m0/s1. The highest BCUT2D eigenvalue weighted by molar-refractivity contribution is 5.92. The third-order valence-electron chi connectivity index (χ3n) is 7.58. The van der Waals surface area contributed by atoms with E-state index in [9.17, 15) is 22.8 Å². The predicted molar refractivity (Wildman–Crippen MR) is 172 cm³/mol. The van der Waals surface area contributed by atoms with Crippen molar-refractivity contribution in [1.82, 2.24) is 0 Å². The van der Waals surface area contributed by atoms with Gasteiger partial charge in [0.15, 0.2) is 23.1 Å². The molecule has 0 aliphatic heterocycles. The van der Waals surface area contributed by atoms with Gasteiger partial charge in [0.1, 0.15) is 6.61 Å². The molecule has 0 aromatic heterocycles. The number of carbonyl (C=O) groups excluding carboxylic acids is 2. The lowest BCUT2D eigenvalue weighted by Crippen LogP contribution is -2.25. The lowest BCUT2D eigenvalue weighted by molar-refractivity contribution is -0.0444. The zero-order chi connectivity index (χ0) is 33.5. The summed E-state index contributed by atoms with van der Waals surface area (Å²) in [6.07, 6.45) is 8.60. The first kappa shape index (κ1) is 36.6. The largest absolute Gasteiger partial charge is 0.490 e. The van der Waals surface area contributed by atoms with Crippen molar-refractivity contribution < 1.29 is 41.7 Å². The predicted octanol–water partition coefficient (Wildman–Crippen LogP) is 9.87. The van der Waals surface area contributed by atoms with Crippen LogP contribution >= 0.6 is 0 Å². The lowest BCUT2D eigenvalue weighted by atomic mass is 10.0. The fraction of sp³-hybridized carbons (Fsp3) is 0.459. The summed E-state index contributed by atoms with van der Waals surface area (Å²) < 4.78 is 66.2. The molecule has 0 aliphatic carbocycles. The fourth-order valence-electron chi connectivity index (χ4n) is 4.89. The Morgan fingerprint density at radius 2 is 1.41 bits per heavy atom. The van der Waals surface area contributed by atoms with Crippen molar-refractivity contribution in [2.45, 2.75) is 97.7 Å². The van der Waals surface area contributed by atoms with E-state index in [0.29, 0.717) is 18.6 Å². The fourth-order valence-corrected chi connectivity index (χ4v) is 4.89. The zero-order valence-electron chi connectivity index (χ0n) is 27.2. The number of halogens is 3. The van der Waals surface area contributed by atoms with Gasteiger partial charge in [0, 0.05) is 5.56 Å². The van der Waals surface area contributed by atoms with E-state index in [1.54, 1.807) is 0 Å². The van der Waals surface area contributed by atoms with Gasteiger partial charge in [-0.1, -0.05) is 71.4 Å². The Morgan fingerprint density at radius 1 is 0.739 bits per heavy atom. The molecule has 0 N–H and O–H groups in total. The molecule has 250 valence electrons. The number of ether oxygens (including phenoxy) is 4. The molecular formula is C37H45F3O6. The Kier molecular flexibility index (Phi) is 15.1. The topological polar surface area (TPSA) is 71.1 Å². The van der Waals surface area contributed by atoms with Crippen LogP contribution in [-0.2, 0) is 9.47 Å². The normalized spacial score (nSPS) is 12.4. The highest BCUT2D eigenvalue weighted by Crippen LogP contribution is 2.30. The second kappa shape index (κ2) is 19.0. The van der Waals surface area contributed by atoms with Crippen LogP contribution in [0.5, 0.6) is 11.5 Å². The van der Waals surface area contributed by atoms with E-state index < -0.39 is 29.4 Å². The van der Waals surface area contributed by atoms with Crippen LogP contribution in [0.15, 0.2) is 54.6 Å². The number of unbranched alkanes of at least 4 members (excludes halogenated alkanes) is 5. The molecule has 0 fully saturated rings. The Hall–Kier alpha value is -3.85. The van der Waals surface area contributed by atoms with Crippen molar-refractivity contribution in [3.8, 4) is 22.6 Å². The summed E-state index contributed by atoms with van der Waals surface area (Å²) in [5.41, 5.74) is 0.366. The van der Waals surface area contributed by atoms with Gasteiger partial charge in [0.2, 0.25) is 5.82 Å². The molecule has 46 heavy (non-hydrogen) atoms. The maximum Gasteiger partial charge on any atom is 0.343 e. The second-order valence-corrected chi connectivity index (χ2v) is 11.3. The molecule has 3 rings (SSSR count). The van der Waals surface area contributed by atoms with Gasteiger partial charge >= 0.3 is 11.9 Å². The molecule has 2 atom stereocenters. The van der Waals surface area contributed by atoms with Crippen LogP contribution in [0.4, 0.5) is 13.2 Å². The third kappa shape index (κ3) is 10.9. The van der Waals surface area contributed by atoms with Crippen LogP contribution in [0, 0.1) is 17.5 Å². The third-order valence-corrected chi connectivity index (χ3v) is 7.58. The molecule has 0 aliphatic rings. The molecule has 0 saturated carbocycles. The molecule has 6 nitrogen and oxygen atoms in total. The number of hydrogen-bond donors (Lipinski definition) is 0. The minimum Gasteiger partial charge on any atom is -0.490 e.